The highest BCUT2D eigenvalue weighted by Gasteiger charge is 2.42. The van der Waals surface area contributed by atoms with E-state index in [4.69, 9.17) is 0 Å². The van der Waals surface area contributed by atoms with Gasteiger partial charge in [0.1, 0.15) is 5.82 Å². The number of fused-ring (bicyclic) bond motifs is 2. The van der Waals surface area contributed by atoms with Gasteiger partial charge in [0.05, 0.1) is 34.5 Å². The minimum absolute atomic E-state index is 0.0313. The number of carbonyl (C=O) groups excluding carboxylic acids is 1. The number of aromatic amines is 1. The van der Waals surface area contributed by atoms with Gasteiger partial charge in [-0.25, -0.2) is 9.37 Å². The third-order valence-electron chi connectivity index (χ3n) is 6.74. The molecule has 0 radical (unpaired) electrons. The van der Waals surface area contributed by atoms with Gasteiger partial charge in [-0.2, -0.15) is 15.0 Å². The van der Waals surface area contributed by atoms with E-state index in [9.17, 15) is 14.0 Å². The molecule has 6 rings (SSSR count). The molecule has 1 N–H and O–H groups in total. The number of rotatable bonds is 3. The number of halogens is 1. The third-order valence-corrected chi connectivity index (χ3v) is 6.74. The van der Waals surface area contributed by atoms with Crippen molar-refractivity contribution in [2.75, 3.05) is 31.1 Å². The van der Waals surface area contributed by atoms with Crippen molar-refractivity contribution in [1.29, 1.82) is 0 Å². The fourth-order valence-electron chi connectivity index (χ4n) is 5.09. The molecule has 2 unspecified atom stereocenters. The highest BCUT2D eigenvalue weighted by Crippen LogP contribution is 2.34. The van der Waals surface area contributed by atoms with Gasteiger partial charge in [-0.15, -0.1) is 0 Å². The number of aromatic nitrogens is 5. The van der Waals surface area contributed by atoms with Gasteiger partial charge < -0.3 is 9.80 Å². The first-order valence-corrected chi connectivity index (χ1v) is 11.2. The number of H-pyrrole nitrogens is 1. The minimum Gasteiger partial charge on any atom is -0.342 e. The molecule has 2 aromatic heterocycles. The molecule has 2 saturated heterocycles. The molecule has 0 saturated carbocycles. The summed E-state index contributed by atoms with van der Waals surface area (Å²) in [4.78, 5) is 38.7. The number of amides is 1. The topological polar surface area (TPSA) is 100 Å². The van der Waals surface area contributed by atoms with Crippen LogP contribution in [0.15, 0.2) is 53.6 Å². The second kappa shape index (κ2) is 7.75. The summed E-state index contributed by atoms with van der Waals surface area (Å²) >= 11 is 0. The van der Waals surface area contributed by atoms with E-state index in [0.29, 0.717) is 48.9 Å². The van der Waals surface area contributed by atoms with E-state index in [1.165, 1.54) is 23.0 Å². The predicted octanol–water partition coefficient (Wildman–Crippen LogP) is 2.16. The van der Waals surface area contributed by atoms with Crippen LogP contribution < -0.4 is 10.5 Å². The maximum Gasteiger partial charge on any atom is 0.260 e. The fourth-order valence-corrected chi connectivity index (χ4v) is 5.09. The molecule has 10 heteroatoms. The van der Waals surface area contributed by atoms with E-state index in [-0.39, 0.29) is 28.7 Å². The molecule has 0 bridgehead atoms. The lowest BCUT2D eigenvalue weighted by Gasteiger charge is -2.23. The van der Waals surface area contributed by atoms with Crippen LogP contribution in [0.1, 0.15) is 15.9 Å². The van der Waals surface area contributed by atoms with E-state index >= 15 is 0 Å². The zero-order valence-electron chi connectivity index (χ0n) is 18.5. The van der Waals surface area contributed by atoms with Gasteiger partial charge >= 0.3 is 0 Å². The first-order valence-electron chi connectivity index (χ1n) is 11.2. The minimum atomic E-state index is -0.465. The number of carbonyl (C=O) groups is 1. The highest BCUT2D eigenvalue weighted by molar-refractivity contribution is 5.98. The normalized spacial score (nSPS) is 19.7. The Morgan fingerprint density at radius 1 is 1.03 bits per heavy atom. The lowest BCUT2D eigenvalue weighted by atomic mass is 10.0. The zero-order valence-corrected chi connectivity index (χ0v) is 18.5. The van der Waals surface area contributed by atoms with Crippen LogP contribution in [0.5, 0.6) is 0 Å². The number of aryl methyl sites for hydroxylation is 1. The van der Waals surface area contributed by atoms with Gasteiger partial charge in [-0.3, -0.25) is 14.6 Å². The second-order valence-electron chi connectivity index (χ2n) is 9.03. The standard InChI is InChI=1S/C24H22FN7O2/c1-14-2-5-21(32-26-6-7-27-32)19(8-14)23(34)30-10-15-12-31(13-16(15)11-30)24-28-20-4-3-17(25)9-18(20)22(33)29-24/h2-9,15-16H,10-13H2,1H3,(H,28,29,33). The molecule has 172 valence electrons. The number of hydrogen-bond donors (Lipinski definition) is 1. The third kappa shape index (κ3) is 3.42. The van der Waals surface area contributed by atoms with E-state index < -0.39 is 5.82 Å². The summed E-state index contributed by atoms with van der Waals surface area (Å²) in [6.45, 7) is 4.59. The molecule has 2 aliphatic rings. The monoisotopic (exact) mass is 459 g/mol. The molecular weight excluding hydrogens is 437 g/mol. The summed E-state index contributed by atoms with van der Waals surface area (Å²) in [5, 5.41) is 8.62. The van der Waals surface area contributed by atoms with Crippen molar-refractivity contribution in [3.05, 3.63) is 76.1 Å². The summed E-state index contributed by atoms with van der Waals surface area (Å²) in [7, 11) is 0. The van der Waals surface area contributed by atoms with Crippen molar-refractivity contribution in [3.63, 3.8) is 0 Å². The first-order chi connectivity index (χ1) is 16.5. The van der Waals surface area contributed by atoms with Gasteiger partial charge in [-0.05, 0) is 37.3 Å². The Kier molecular flexibility index (Phi) is 4.68. The van der Waals surface area contributed by atoms with E-state index in [2.05, 4.69) is 20.2 Å². The molecule has 0 aliphatic carbocycles. The molecule has 34 heavy (non-hydrogen) atoms. The maximum atomic E-state index is 13.5. The summed E-state index contributed by atoms with van der Waals surface area (Å²) in [5.41, 5.74) is 2.35. The van der Waals surface area contributed by atoms with E-state index in [1.807, 2.05) is 34.9 Å². The number of hydrogen-bond acceptors (Lipinski definition) is 6. The van der Waals surface area contributed by atoms with Crippen LogP contribution in [0.3, 0.4) is 0 Å². The van der Waals surface area contributed by atoms with Crippen LogP contribution in [-0.4, -0.2) is 61.9 Å². The van der Waals surface area contributed by atoms with Crippen LogP contribution in [0.25, 0.3) is 16.6 Å². The van der Waals surface area contributed by atoms with Crippen molar-refractivity contribution in [3.8, 4) is 5.69 Å². The lowest BCUT2D eigenvalue weighted by Crippen LogP contribution is -2.34. The average Bonchev–Trinajstić information content (AvgIpc) is 3.56. The van der Waals surface area contributed by atoms with Gasteiger partial charge in [0.15, 0.2) is 0 Å². The molecule has 2 aromatic carbocycles. The molecule has 4 heterocycles. The largest absolute Gasteiger partial charge is 0.342 e. The quantitative estimate of drug-likeness (QED) is 0.504. The number of anilines is 1. The van der Waals surface area contributed by atoms with Crippen molar-refractivity contribution in [2.24, 2.45) is 11.8 Å². The summed E-state index contributed by atoms with van der Waals surface area (Å²) in [6.07, 6.45) is 3.18. The summed E-state index contributed by atoms with van der Waals surface area (Å²) in [6, 6.07) is 9.72. The van der Waals surface area contributed by atoms with Crippen molar-refractivity contribution < 1.29 is 9.18 Å². The smallest absolute Gasteiger partial charge is 0.260 e. The van der Waals surface area contributed by atoms with Crippen molar-refractivity contribution in [1.82, 2.24) is 29.9 Å². The molecule has 2 atom stereocenters. The predicted molar refractivity (Wildman–Crippen MR) is 124 cm³/mol. The Morgan fingerprint density at radius 3 is 2.50 bits per heavy atom. The molecule has 9 nitrogen and oxygen atoms in total. The molecule has 2 aliphatic heterocycles. The number of likely N-dealkylation sites (tertiary alicyclic amines) is 1. The Bertz CT molecular complexity index is 1450. The molecule has 0 spiro atoms. The lowest BCUT2D eigenvalue weighted by molar-refractivity contribution is 0.0782. The van der Waals surface area contributed by atoms with E-state index in [0.717, 1.165) is 5.56 Å². The SMILES string of the molecule is Cc1ccc(-n2nccn2)c(C(=O)N2CC3CN(c4nc5ccc(F)cc5c(=O)[nH]4)CC3C2)c1. The van der Waals surface area contributed by atoms with Gasteiger partial charge in [-0.1, -0.05) is 11.6 Å². The average molecular weight is 459 g/mol. The Labute approximate surface area is 193 Å². The molecular formula is C24H22FN7O2. The Hall–Kier alpha value is -4.08. The van der Waals surface area contributed by atoms with Gasteiger partial charge in [0.25, 0.3) is 11.5 Å². The molecule has 2 fully saturated rings. The van der Waals surface area contributed by atoms with Gasteiger partial charge in [0.2, 0.25) is 5.95 Å². The van der Waals surface area contributed by atoms with E-state index in [1.54, 1.807) is 12.4 Å². The Morgan fingerprint density at radius 2 is 1.76 bits per heavy atom. The number of nitrogens with zero attached hydrogens (tertiary/aromatic N) is 6. The molecule has 1 amide bonds. The van der Waals surface area contributed by atoms with Crippen LogP contribution in [0, 0.1) is 24.6 Å². The fraction of sp³-hybridized carbons (Fsp3) is 0.292. The van der Waals surface area contributed by atoms with Crippen molar-refractivity contribution >= 4 is 22.8 Å². The summed E-state index contributed by atoms with van der Waals surface area (Å²) < 4.78 is 13.5. The highest BCUT2D eigenvalue weighted by atomic mass is 19.1. The van der Waals surface area contributed by atoms with Crippen molar-refractivity contribution in [2.45, 2.75) is 6.92 Å². The van der Waals surface area contributed by atoms with Gasteiger partial charge in [0, 0.05) is 38.0 Å². The molecule has 4 aromatic rings. The Balaban J connectivity index is 1.21. The van der Waals surface area contributed by atoms with Crippen LogP contribution in [0.2, 0.25) is 0 Å². The second-order valence-corrected chi connectivity index (χ2v) is 9.03. The first kappa shape index (κ1) is 20.5. The summed E-state index contributed by atoms with van der Waals surface area (Å²) in [5.74, 6) is 0.537. The maximum absolute atomic E-state index is 13.5. The van der Waals surface area contributed by atoms with Crippen LogP contribution >= 0.6 is 0 Å². The van der Waals surface area contributed by atoms with Crippen LogP contribution in [0.4, 0.5) is 10.3 Å². The number of benzene rings is 2. The zero-order chi connectivity index (χ0) is 23.4. The van der Waals surface area contributed by atoms with Crippen LogP contribution in [-0.2, 0) is 0 Å². The number of nitrogens with one attached hydrogen (secondary N) is 1.